The van der Waals surface area contributed by atoms with Crippen molar-refractivity contribution in [2.24, 2.45) is 0 Å². The van der Waals surface area contributed by atoms with Gasteiger partial charge in [-0.05, 0) is 18.0 Å². The molecule has 4 nitrogen and oxygen atoms in total. The Balaban J connectivity index is 2.23. The smallest absolute Gasteiger partial charge is 0.225 e. The topological polar surface area (TPSA) is 54.9 Å². The Morgan fingerprint density at radius 3 is 2.53 bits per heavy atom. The van der Waals surface area contributed by atoms with Crippen LogP contribution >= 0.6 is 23.2 Å². The molecule has 0 aliphatic heterocycles. The molecule has 0 atom stereocenters. The van der Waals surface area contributed by atoms with Crippen LogP contribution in [0.25, 0.3) is 0 Å². The van der Waals surface area contributed by atoms with Crippen molar-refractivity contribution in [3.05, 3.63) is 16.5 Å². The van der Waals surface area contributed by atoms with E-state index in [1.165, 1.54) is 31.7 Å². The van der Waals surface area contributed by atoms with Crippen LogP contribution in [0.1, 0.15) is 51.9 Å². The van der Waals surface area contributed by atoms with Gasteiger partial charge < -0.3 is 5.32 Å². The fraction of sp³-hybridized carbons (Fsp3) is 0.615. The molecule has 19 heavy (non-hydrogen) atoms. The summed E-state index contributed by atoms with van der Waals surface area (Å²) in [6, 6.07) is 1.48. The number of nitrogens with zero attached hydrogens (tertiary/aromatic N) is 2. The summed E-state index contributed by atoms with van der Waals surface area (Å²) in [6.07, 6.45) is 7.40. The molecular formula is C13H19Cl2N3O. The molecule has 6 heteroatoms. The van der Waals surface area contributed by atoms with Gasteiger partial charge in [0.25, 0.3) is 0 Å². The van der Waals surface area contributed by atoms with Gasteiger partial charge in [-0.1, -0.05) is 50.6 Å². The normalized spacial score (nSPS) is 10.5. The van der Waals surface area contributed by atoms with Crippen LogP contribution in [0, 0.1) is 0 Å². The summed E-state index contributed by atoms with van der Waals surface area (Å²) in [6.45, 7) is 2.19. The lowest BCUT2D eigenvalue weighted by molar-refractivity contribution is -0.116. The van der Waals surface area contributed by atoms with Crippen molar-refractivity contribution in [2.45, 2.75) is 51.9 Å². The molecule has 106 valence electrons. The van der Waals surface area contributed by atoms with Gasteiger partial charge in [0.15, 0.2) is 0 Å². The molecule has 1 N–H and O–H groups in total. The molecule has 1 aromatic heterocycles. The molecule has 0 aliphatic rings. The Kier molecular flexibility index (Phi) is 7.75. The number of hydrogen-bond acceptors (Lipinski definition) is 3. The lowest BCUT2D eigenvalue weighted by atomic mass is 10.1. The number of carbonyl (C=O) groups excluding carboxylic acids is 1. The molecule has 0 aromatic carbocycles. The molecular weight excluding hydrogens is 285 g/mol. The molecule has 0 unspecified atom stereocenters. The van der Waals surface area contributed by atoms with Crippen molar-refractivity contribution >= 4 is 34.9 Å². The first-order valence-corrected chi connectivity index (χ1v) is 7.37. The van der Waals surface area contributed by atoms with Crippen molar-refractivity contribution in [3.63, 3.8) is 0 Å². The van der Waals surface area contributed by atoms with Crippen LogP contribution < -0.4 is 5.32 Å². The van der Waals surface area contributed by atoms with Gasteiger partial charge in [0.1, 0.15) is 11.0 Å². The number of aromatic nitrogens is 2. The predicted molar refractivity (Wildman–Crippen MR) is 78.7 cm³/mol. The van der Waals surface area contributed by atoms with Crippen molar-refractivity contribution in [1.29, 1.82) is 0 Å². The lowest BCUT2D eigenvalue weighted by Gasteiger charge is -2.05. The Labute approximate surface area is 123 Å². The number of halogens is 2. The number of rotatable bonds is 8. The molecule has 0 saturated carbocycles. The van der Waals surface area contributed by atoms with Gasteiger partial charge in [-0.15, -0.1) is 0 Å². The SMILES string of the molecule is CCCCCCCCC(=O)Nc1cc(Cl)nc(Cl)n1. The van der Waals surface area contributed by atoms with Crippen molar-refractivity contribution < 1.29 is 4.79 Å². The Bertz CT molecular complexity index is 393. The van der Waals surface area contributed by atoms with E-state index >= 15 is 0 Å². The van der Waals surface area contributed by atoms with E-state index in [4.69, 9.17) is 23.2 Å². The first-order valence-electron chi connectivity index (χ1n) is 6.61. The maximum absolute atomic E-state index is 11.7. The van der Waals surface area contributed by atoms with E-state index in [1.54, 1.807) is 0 Å². The van der Waals surface area contributed by atoms with Gasteiger partial charge in [-0.25, -0.2) is 9.97 Å². The zero-order valence-corrected chi connectivity index (χ0v) is 12.6. The molecule has 1 amide bonds. The third kappa shape index (κ3) is 7.33. The van der Waals surface area contributed by atoms with Gasteiger partial charge in [0.05, 0.1) is 0 Å². The van der Waals surface area contributed by atoms with Crippen molar-refractivity contribution in [3.8, 4) is 0 Å². The summed E-state index contributed by atoms with van der Waals surface area (Å²) in [5, 5.41) is 2.91. The van der Waals surface area contributed by atoms with E-state index in [0.717, 1.165) is 12.8 Å². The van der Waals surface area contributed by atoms with Gasteiger partial charge in [0, 0.05) is 12.5 Å². The quantitative estimate of drug-likeness (QED) is 0.438. The highest BCUT2D eigenvalue weighted by molar-refractivity contribution is 6.32. The van der Waals surface area contributed by atoms with Crippen molar-refractivity contribution in [2.75, 3.05) is 5.32 Å². The minimum absolute atomic E-state index is 0.0300. The standard InChI is InChI=1S/C13H19Cl2N3O/c1-2-3-4-5-6-7-8-12(19)17-11-9-10(14)16-13(15)18-11/h9H,2-8H2,1H3,(H,16,17,18,19). The average Bonchev–Trinajstić information content (AvgIpc) is 2.32. The minimum atomic E-state index is -0.0682. The molecule has 0 aliphatic carbocycles. The maximum atomic E-state index is 11.7. The highest BCUT2D eigenvalue weighted by atomic mass is 35.5. The predicted octanol–water partition coefficient (Wildman–Crippen LogP) is 4.47. The van der Waals surface area contributed by atoms with Crippen LogP contribution in [-0.4, -0.2) is 15.9 Å². The minimum Gasteiger partial charge on any atom is -0.311 e. The van der Waals surface area contributed by atoms with Gasteiger partial charge in [-0.2, -0.15) is 0 Å². The third-order valence-electron chi connectivity index (χ3n) is 2.69. The second-order valence-corrected chi connectivity index (χ2v) is 5.14. The zero-order valence-electron chi connectivity index (χ0n) is 11.1. The first-order chi connectivity index (χ1) is 9.11. The molecule has 0 saturated heterocycles. The molecule has 0 bridgehead atoms. The van der Waals surface area contributed by atoms with E-state index in [1.807, 2.05) is 0 Å². The van der Waals surface area contributed by atoms with Gasteiger partial charge >= 0.3 is 0 Å². The van der Waals surface area contributed by atoms with Crippen LogP contribution in [0.2, 0.25) is 10.4 Å². The van der Waals surface area contributed by atoms with Crippen LogP contribution in [0.5, 0.6) is 0 Å². The number of nitrogens with one attached hydrogen (secondary N) is 1. The fourth-order valence-electron chi connectivity index (χ4n) is 1.73. The van der Waals surface area contributed by atoms with E-state index in [2.05, 4.69) is 22.2 Å². The van der Waals surface area contributed by atoms with Gasteiger partial charge in [-0.3, -0.25) is 4.79 Å². The maximum Gasteiger partial charge on any atom is 0.225 e. The largest absolute Gasteiger partial charge is 0.311 e. The first kappa shape index (κ1) is 16.2. The molecule has 0 spiro atoms. The Morgan fingerprint density at radius 1 is 1.16 bits per heavy atom. The van der Waals surface area contributed by atoms with Gasteiger partial charge in [0.2, 0.25) is 11.2 Å². The zero-order chi connectivity index (χ0) is 14.1. The summed E-state index contributed by atoms with van der Waals surface area (Å²) < 4.78 is 0. The fourth-order valence-corrected chi connectivity index (χ4v) is 2.13. The lowest BCUT2D eigenvalue weighted by Crippen LogP contribution is -2.12. The monoisotopic (exact) mass is 303 g/mol. The second kappa shape index (κ2) is 9.10. The Hall–Kier alpha value is -0.870. The van der Waals surface area contributed by atoms with Crippen LogP contribution in [0.4, 0.5) is 5.82 Å². The molecule has 0 radical (unpaired) electrons. The molecule has 1 aromatic rings. The van der Waals surface area contributed by atoms with Crippen LogP contribution in [0.15, 0.2) is 6.07 Å². The van der Waals surface area contributed by atoms with E-state index in [0.29, 0.717) is 12.2 Å². The van der Waals surface area contributed by atoms with Crippen LogP contribution in [0.3, 0.4) is 0 Å². The van der Waals surface area contributed by atoms with Crippen LogP contribution in [-0.2, 0) is 4.79 Å². The molecule has 0 fully saturated rings. The summed E-state index contributed by atoms with van der Waals surface area (Å²) in [5.74, 6) is 0.280. The summed E-state index contributed by atoms with van der Waals surface area (Å²) in [5.41, 5.74) is 0. The number of amides is 1. The third-order valence-corrected chi connectivity index (χ3v) is 3.06. The highest BCUT2D eigenvalue weighted by Gasteiger charge is 2.06. The summed E-state index contributed by atoms with van der Waals surface area (Å²) in [7, 11) is 0. The summed E-state index contributed by atoms with van der Waals surface area (Å²) in [4.78, 5) is 19.3. The van der Waals surface area contributed by atoms with E-state index < -0.39 is 0 Å². The Morgan fingerprint density at radius 2 is 1.84 bits per heavy atom. The number of hydrogen-bond donors (Lipinski definition) is 1. The number of anilines is 1. The highest BCUT2D eigenvalue weighted by Crippen LogP contribution is 2.15. The van der Waals surface area contributed by atoms with Crippen molar-refractivity contribution in [1.82, 2.24) is 9.97 Å². The number of carbonyl (C=O) groups is 1. The molecule has 1 rings (SSSR count). The summed E-state index contributed by atoms with van der Waals surface area (Å²) >= 11 is 11.4. The second-order valence-electron chi connectivity index (χ2n) is 4.41. The molecule has 1 heterocycles. The van der Waals surface area contributed by atoms with E-state index in [-0.39, 0.29) is 16.3 Å². The number of unbranched alkanes of at least 4 members (excludes halogenated alkanes) is 5. The van der Waals surface area contributed by atoms with E-state index in [9.17, 15) is 4.79 Å². The average molecular weight is 304 g/mol.